The molecule has 4 aromatic rings. The van der Waals surface area contributed by atoms with Crippen LogP contribution >= 0.6 is 0 Å². The summed E-state index contributed by atoms with van der Waals surface area (Å²) in [5, 5.41) is 17.3. The highest BCUT2D eigenvalue weighted by Gasteiger charge is 2.24. The van der Waals surface area contributed by atoms with Gasteiger partial charge < -0.3 is 16.2 Å². The normalized spacial score (nSPS) is 11.7. The highest BCUT2D eigenvalue weighted by atomic mass is 16.3. The molecule has 0 saturated carbocycles. The van der Waals surface area contributed by atoms with Crippen molar-refractivity contribution in [3.05, 3.63) is 59.7 Å². The van der Waals surface area contributed by atoms with Gasteiger partial charge in [-0.15, -0.1) is 0 Å². The number of benzene rings is 2. The Labute approximate surface area is 179 Å². The molecular weight excluding hydrogens is 392 g/mol. The van der Waals surface area contributed by atoms with Crippen molar-refractivity contribution in [3.63, 3.8) is 0 Å². The summed E-state index contributed by atoms with van der Waals surface area (Å²) in [6, 6.07) is 14.2. The second-order valence-corrected chi connectivity index (χ2v) is 7.70. The van der Waals surface area contributed by atoms with Crippen molar-refractivity contribution in [1.29, 1.82) is 0 Å². The van der Waals surface area contributed by atoms with E-state index in [0.29, 0.717) is 40.2 Å². The van der Waals surface area contributed by atoms with E-state index >= 15 is 0 Å². The van der Waals surface area contributed by atoms with E-state index in [0.717, 1.165) is 6.42 Å². The molecule has 0 bridgehead atoms. The zero-order valence-electron chi connectivity index (χ0n) is 17.4. The first-order valence-corrected chi connectivity index (χ1v) is 10.1. The lowest BCUT2D eigenvalue weighted by Gasteiger charge is -2.07. The lowest BCUT2D eigenvalue weighted by Crippen LogP contribution is -2.26. The molecule has 0 spiro atoms. The van der Waals surface area contributed by atoms with Crippen LogP contribution in [0.15, 0.2) is 53.6 Å². The van der Waals surface area contributed by atoms with Gasteiger partial charge >= 0.3 is 0 Å². The number of aromatic nitrogens is 3. The Morgan fingerprint density at radius 2 is 1.84 bits per heavy atom. The van der Waals surface area contributed by atoms with Gasteiger partial charge in [-0.05, 0) is 36.6 Å². The Morgan fingerprint density at radius 1 is 1.16 bits per heavy atom. The van der Waals surface area contributed by atoms with Crippen LogP contribution in [-0.2, 0) is 0 Å². The summed E-state index contributed by atoms with van der Waals surface area (Å²) >= 11 is 0. The van der Waals surface area contributed by atoms with Crippen LogP contribution in [0.25, 0.3) is 22.2 Å². The summed E-state index contributed by atoms with van der Waals surface area (Å²) in [7, 11) is 0. The Bertz CT molecular complexity index is 1290. The molecule has 0 saturated heterocycles. The van der Waals surface area contributed by atoms with E-state index < -0.39 is 0 Å². The van der Waals surface area contributed by atoms with E-state index in [2.05, 4.69) is 34.2 Å². The number of nitrogens with zero attached hydrogens (tertiary/aromatic N) is 4. The fraction of sp³-hybridized carbons (Fsp3) is 0.217. The van der Waals surface area contributed by atoms with Gasteiger partial charge in [0.05, 0.1) is 17.2 Å². The monoisotopic (exact) mass is 416 g/mol. The number of amides is 1. The largest absolute Gasteiger partial charge is 0.507 e. The van der Waals surface area contributed by atoms with Gasteiger partial charge in [-0.3, -0.25) is 4.79 Å². The smallest absolute Gasteiger partial charge is 0.257 e. The van der Waals surface area contributed by atoms with Gasteiger partial charge in [0.1, 0.15) is 22.6 Å². The number of nitrogens with one attached hydrogen (secondary N) is 1. The SMILES string of the molecule is CC(C)CCNC(=O)c1c(N)n(/N=C\c2ccccc2O)c2nc3ccccc3nc12. The third kappa shape index (κ3) is 4.05. The number of nitrogens with two attached hydrogens (primary N) is 1. The van der Waals surface area contributed by atoms with Crippen molar-refractivity contribution < 1.29 is 9.90 Å². The molecule has 8 nitrogen and oxygen atoms in total. The van der Waals surface area contributed by atoms with E-state index in [4.69, 9.17) is 5.73 Å². The fourth-order valence-corrected chi connectivity index (χ4v) is 3.27. The zero-order chi connectivity index (χ0) is 22.0. The van der Waals surface area contributed by atoms with Crippen LogP contribution in [0.4, 0.5) is 5.82 Å². The molecule has 0 atom stereocenters. The summed E-state index contributed by atoms with van der Waals surface area (Å²) in [4.78, 5) is 22.3. The molecule has 8 heteroatoms. The Kier molecular flexibility index (Phi) is 5.53. The van der Waals surface area contributed by atoms with Crippen LogP contribution < -0.4 is 11.1 Å². The molecule has 0 aliphatic carbocycles. The molecule has 0 radical (unpaired) electrons. The van der Waals surface area contributed by atoms with E-state index in [-0.39, 0.29) is 23.0 Å². The van der Waals surface area contributed by atoms with E-state index in [1.807, 2.05) is 24.3 Å². The van der Waals surface area contributed by atoms with Gasteiger partial charge in [0.25, 0.3) is 5.91 Å². The summed E-state index contributed by atoms with van der Waals surface area (Å²) in [6.07, 6.45) is 2.33. The topological polar surface area (TPSA) is 118 Å². The average Bonchev–Trinajstić information content (AvgIpc) is 3.01. The second-order valence-electron chi connectivity index (χ2n) is 7.70. The number of hydrogen-bond acceptors (Lipinski definition) is 6. The van der Waals surface area contributed by atoms with Crippen molar-refractivity contribution in [2.75, 3.05) is 12.3 Å². The van der Waals surface area contributed by atoms with Crippen molar-refractivity contribution >= 4 is 40.1 Å². The number of fused-ring (bicyclic) bond motifs is 2. The molecule has 2 aromatic carbocycles. The van der Waals surface area contributed by atoms with Gasteiger partial charge in [-0.25, -0.2) is 9.97 Å². The molecular formula is C23H24N6O2. The maximum atomic E-state index is 13.0. The number of nitrogen functional groups attached to an aromatic ring is 1. The predicted octanol–water partition coefficient (Wildman–Crippen LogP) is 3.53. The number of carbonyl (C=O) groups is 1. The summed E-state index contributed by atoms with van der Waals surface area (Å²) in [5.41, 5.74) is 9.20. The number of hydrogen-bond donors (Lipinski definition) is 3. The quantitative estimate of drug-likeness (QED) is 0.416. The van der Waals surface area contributed by atoms with Crippen molar-refractivity contribution in [2.24, 2.45) is 11.0 Å². The Morgan fingerprint density at radius 3 is 2.55 bits per heavy atom. The van der Waals surface area contributed by atoms with Crippen LogP contribution in [0.1, 0.15) is 36.2 Å². The summed E-state index contributed by atoms with van der Waals surface area (Å²) in [6.45, 7) is 4.72. The molecule has 0 unspecified atom stereocenters. The molecule has 0 aliphatic rings. The first kappa shape index (κ1) is 20.3. The number of para-hydroxylation sites is 3. The highest BCUT2D eigenvalue weighted by Crippen LogP contribution is 2.28. The fourth-order valence-electron chi connectivity index (χ4n) is 3.27. The summed E-state index contributed by atoms with van der Waals surface area (Å²) < 4.78 is 1.39. The minimum atomic E-state index is -0.316. The molecule has 4 N–H and O–H groups in total. The molecule has 158 valence electrons. The number of phenolic OH excluding ortho intramolecular Hbond substituents is 1. The third-order valence-corrected chi connectivity index (χ3v) is 4.96. The van der Waals surface area contributed by atoms with Crippen LogP contribution in [0.5, 0.6) is 5.75 Å². The standard InChI is InChI=1S/C23H24N6O2/c1-14(2)11-12-25-23(31)19-20-22(28-17-9-5-4-8-16(17)27-20)29(21(19)24)26-13-15-7-3-6-10-18(15)30/h3-10,13-14,30H,11-12,24H2,1-2H3,(H,25,31)/b26-13-. The molecule has 0 fully saturated rings. The zero-order valence-corrected chi connectivity index (χ0v) is 17.4. The summed E-state index contributed by atoms with van der Waals surface area (Å²) in [5.74, 6) is 0.374. The van der Waals surface area contributed by atoms with Crippen LogP contribution in [0, 0.1) is 5.92 Å². The predicted molar refractivity (Wildman–Crippen MR) is 122 cm³/mol. The maximum absolute atomic E-state index is 13.0. The van der Waals surface area contributed by atoms with Crippen LogP contribution in [0.3, 0.4) is 0 Å². The molecule has 1 amide bonds. The van der Waals surface area contributed by atoms with Crippen LogP contribution in [0.2, 0.25) is 0 Å². The van der Waals surface area contributed by atoms with Crippen molar-refractivity contribution in [1.82, 2.24) is 20.0 Å². The molecule has 31 heavy (non-hydrogen) atoms. The van der Waals surface area contributed by atoms with Gasteiger partial charge in [-0.1, -0.05) is 38.1 Å². The van der Waals surface area contributed by atoms with E-state index in [1.165, 1.54) is 10.9 Å². The number of carbonyl (C=O) groups excluding carboxylic acids is 1. The minimum Gasteiger partial charge on any atom is -0.507 e. The van der Waals surface area contributed by atoms with Gasteiger partial charge in [0.2, 0.25) is 0 Å². The first-order chi connectivity index (χ1) is 15.0. The minimum absolute atomic E-state index is 0.0875. The Balaban J connectivity index is 1.84. The number of aromatic hydroxyl groups is 1. The maximum Gasteiger partial charge on any atom is 0.257 e. The van der Waals surface area contributed by atoms with Crippen LogP contribution in [-0.4, -0.2) is 38.4 Å². The van der Waals surface area contributed by atoms with Crippen molar-refractivity contribution in [3.8, 4) is 5.75 Å². The van der Waals surface area contributed by atoms with Gasteiger partial charge in [-0.2, -0.15) is 9.78 Å². The Hall–Kier alpha value is -3.94. The van der Waals surface area contributed by atoms with E-state index in [9.17, 15) is 9.90 Å². The van der Waals surface area contributed by atoms with Gasteiger partial charge in [0, 0.05) is 12.1 Å². The third-order valence-electron chi connectivity index (χ3n) is 4.96. The highest BCUT2D eigenvalue weighted by molar-refractivity contribution is 6.10. The second kappa shape index (κ2) is 8.43. The first-order valence-electron chi connectivity index (χ1n) is 10.1. The number of phenols is 1. The lowest BCUT2D eigenvalue weighted by molar-refractivity contribution is 0.0954. The molecule has 2 heterocycles. The molecule has 4 rings (SSSR count). The lowest BCUT2D eigenvalue weighted by atomic mass is 10.1. The van der Waals surface area contributed by atoms with Crippen molar-refractivity contribution in [2.45, 2.75) is 20.3 Å². The van der Waals surface area contributed by atoms with E-state index in [1.54, 1.807) is 24.3 Å². The molecule has 2 aromatic heterocycles. The average molecular weight is 416 g/mol. The van der Waals surface area contributed by atoms with Gasteiger partial charge in [0.15, 0.2) is 5.65 Å². The number of rotatable bonds is 6. The molecule has 0 aliphatic heterocycles. The number of anilines is 1.